The van der Waals surface area contributed by atoms with Crippen molar-refractivity contribution < 1.29 is 14.8 Å². The predicted molar refractivity (Wildman–Crippen MR) is 71.5 cm³/mol. The van der Waals surface area contributed by atoms with E-state index < -0.39 is 10.9 Å². The number of hydrogen-bond donors (Lipinski definition) is 2. The number of hydrogen-bond acceptors (Lipinski definition) is 5. The Morgan fingerprint density at radius 2 is 2.28 bits per heavy atom. The standard InChI is InChI=1S/C11H14N2O4S/c1-7(18-2)6-12-10-4-3-8(13(16)17)5-9(10)11(14)15/h3-5,7,12H,6H2,1-2H3,(H,14,15). The van der Waals surface area contributed by atoms with Gasteiger partial charge in [0.05, 0.1) is 10.5 Å². The number of nitro groups is 1. The molecule has 6 nitrogen and oxygen atoms in total. The number of rotatable bonds is 6. The highest BCUT2D eigenvalue weighted by molar-refractivity contribution is 7.99. The van der Waals surface area contributed by atoms with Gasteiger partial charge in [-0.1, -0.05) is 6.92 Å². The molecule has 98 valence electrons. The fourth-order valence-corrected chi connectivity index (χ4v) is 1.56. The number of anilines is 1. The molecule has 1 aromatic carbocycles. The SMILES string of the molecule is CSC(C)CNc1ccc([N+](=O)[O-])cc1C(=O)O. The molecule has 1 unspecified atom stereocenters. The van der Waals surface area contributed by atoms with Gasteiger partial charge in [-0.05, 0) is 12.3 Å². The minimum absolute atomic E-state index is 0.0856. The normalized spacial score (nSPS) is 11.9. The maximum atomic E-state index is 11.0. The Hall–Kier alpha value is -1.76. The van der Waals surface area contributed by atoms with Crippen molar-refractivity contribution in [1.29, 1.82) is 0 Å². The second-order valence-electron chi connectivity index (χ2n) is 3.72. The van der Waals surface area contributed by atoms with E-state index in [4.69, 9.17) is 5.11 Å². The number of carboxylic acids is 1. The summed E-state index contributed by atoms with van der Waals surface area (Å²) >= 11 is 1.65. The van der Waals surface area contributed by atoms with Crippen molar-refractivity contribution in [3.63, 3.8) is 0 Å². The van der Waals surface area contributed by atoms with Crippen LogP contribution in [0, 0.1) is 10.1 Å². The fourth-order valence-electron chi connectivity index (χ4n) is 1.31. The number of nitrogens with zero attached hydrogens (tertiary/aromatic N) is 1. The summed E-state index contributed by atoms with van der Waals surface area (Å²) in [5, 5.41) is 22.9. The Morgan fingerprint density at radius 1 is 1.61 bits per heavy atom. The molecule has 1 atom stereocenters. The zero-order chi connectivity index (χ0) is 13.7. The summed E-state index contributed by atoms with van der Waals surface area (Å²) in [6.45, 7) is 2.60. The minimum Gasteiger partial charge on any atom is -0.478 e. The summed E-state index contributed by atoms with van der Waals surface area (Å²) in [6.07, 6.45) is 1.96. The van der Waals surface area contributed by atoms with Gasteiger partial charge >= 0.3 is 5.97 Å². The van der Waals surface area contributed by atoms with Crippen LogP contribution in [0.5, 0.6) is 0 Å². The van der Waals surface area contributed by atoms with E-state index in [1.165, 1.54) is 12.1 Å². The van der Waals surface area contributed by atoms with Crippen molar-refractivity contribution >= 4 is 29.1 Å². The number of nitro benzene ring substituents is 1. The monoisotopic (exact) mass is 270 g/mol. The summed E-state index contributed by atoms with van der Waals surface area (Å²) in [7, 11) is 0. The van der Waals surface area contributed by atoms with E-state index in [-0.39, 0.29) is 11.3 Å². The highest BCUT2D eigenvalue weighted by atomic mass is 32.2. The molecule has 0 aromatic heterocycles. The Bertz CT molecular complexity index is 464. The van der Waals surface area contributed by atoms with Crippen LogP contribution in [0.4, 0.5) is 11.4 Å². The Kier molecular flexibility index (Phi) is 4.96. The van der Waals surface area contributed by atoms with Crippen LogP contribution < -0.4 is 5.32 Å². The summed E-state index contributed by atoms with van der Waals surface area (Å²) in [5.41, 5.74) is 0.0855. The first-order chi connectivity index (χ1) is 8.45. The van der Waals surface area contributed by atoms with Gasteiger partial charge in [-0.2, -0.15) is 11.8 Å². The minimum atomic E-state index is -1.18. The number of thioether (sulfide) groups is 1. The van der Waals surface area contributed by atoms with Gasteiger partial charge < -0.3 is 10.4 Å². The molecule has 1 rings (SSSR count). The number of non-ortho nitro benzene ring substituents is 1. The molecular weight excluding hydrogens is 256 g/mol. The van der Waals surface area contributed by atoms with E-state index in [9.17, 15) is 14.9 Å². The van der Waals surface area contributed by atoms with Crippen LogP contribution in [0.3, 0.4) is 0 Å². The molecule has 18 heavy (non-hydrogen) atoms. The van der Waals surface area contributed by atoms with Crippen molar-refractivity contribution in [2.75, 3.05) is 18.1 Å². The molecule has 0 saturated heterocycles. The van der Waals surface area contributed by atoms with E-state index in [2.05, 4.69) is 5.32 Å². The van der Waals surface area contributed by atoms with E-state index in [1.54, 1.807) is 11.8 Å². The smallest absolute Gasteiger partial charge is 0.338 e. The average Bonchev–Trinajstić information content (AvgIpc) is 2.35. The van der Waals surface area contributed by atoms with Gasteiger partial charge in [0.25, 0.3) is 5.69 Å². The molecular formula is C11H14N2O4S. The lowest BCUT2D eigenvalue weighted by Crippen LogP contribution is -2.15. The van der Waals surface area contributed by atoms with Gasteiger partial charge in [-0.15, -0.1) is 0 Å². The highest BCUT2D eigenvalue weighted by Crippen LogP contribution is 2.22. The van der Waals surface area contributed by atoms with Crippen molar-refractivity contribution in [2.45, 2.75) is 12.2 Å². The summed E-state index contributed by atoms with van der Waals surface area (Å²) in [4.78, 5) is 21.0. The van der Waals surface area contributed by atoms with Gasteiger partial charge in [0.15, 0.2) is 0 Å². The second-order valence-corrected chi connectivity index (χ2v) is 5.00. The van der Waals surface area contributed by atoms with E-state index in [0.717, 1.165) is 6.07 Å². The number of carbonyl (C=O) groups is 1. The first-order valence-corrected chi connectivity index (χ1v) is 6.53. The zero-order valence-corrected chi connectivity index (χ0v) is 10.9. The molecule has 0 radical (unpaired) electrons. The van der Waals surface area contributed by atoms with E-state index in [0.29, 0.717) is 17.5 Å². The lowest BCUT2D eigenvalue weighted by Gasteiger charge is -2.12. The van der Waals surface area contributed by atoms with Crippen LogP contribution in [0.15, 0.2) is 18.2 Å². The van der Waals surface area contributed by atoms with Crippen molar-refractivity contribution in [2.24, 2.45) is 0 Å². The van der Waals surface area contributed by atoms with Gasteiger partial charge in [0, 0.05) is 29.6 Å². The number of carboxylic acid groups (broad SMARTS) is 1. The summed E-state index contributed by atoms with van der Waals surface area (Å²) < 4.78 is 0. The molecule has 0 bridgehead atoms. The molecule has 0 aliphatic heterocycles. The molecule has 1 aromatic rings. The van der Waals surface area contributed by atoms with E-state index >= 15 is 0 Å². The molecule has 0 spiro atoms. The average molecular weight is 270 g/mol. The topological polar surface area (TPSA) is 92.5 Å². The van der Waals surface area contributed by atoms with Gasteiger partial charge in [-0.3, -0.25) is 10.1 Å². The Labute approximate surface area is 109 Å². The first kappa shape index (κ1) is 14.3. The van der Waals surface area contributed by atoms with Crippen LogP contribution in [-0.4, -0.2) is 34.0 Å². The second kappa shape index (κ2) is 6.25. The Morgan fingerprint density at radius 3 is 2.78 bits per heavy atom. The lowest BCUT2D eigenvalue weighted by atomic mass is 10.1. The number of benzene rings is 1. The molecule has 0 amide bonds. The maximum absolute atomic E-state index is 11.0. The predicted octanol–water partition coefficient (Wildman–Crippen LogP) is 2.46. The van der Waals surface area contributed by atoms with Gasteiger partial charge in [-0.25, -0.2) is 4.79 Å². The largest absolute Gasteiger partial charge is 0.478 e. The van der Waals surface area contributed by atoms with Crippen molar-refractivity contribution in [3.8, 4) is 0 Å². The third-order valence-electron chi connectivity index (χ3n) is 2.43. The highest BCUT2D eigenvalue weighted by Gasteiger charge is 2.16. The van der Waals surface area contributed by atoms with Crippen LogP contribution in [0.2, 0.25) is 0 Å². The first-order valence-electron chi connectivity index (χ1n) is 5.24. The molecule has 0 aliphatic rings. The fraction of sp³-hybridized carbons (Fsp3) is 0.364. The van der Waals surface area contributed by atoms with E-state index in [1.807, 2.05) is 13.2 Å². The molecule has 2 N–H and O–H groups in total. The third kappa shape index (κ3) is 3.63. The van der Waals surface area contributed by atoms with Crippen molar-refractivity contribution in [3.05, 3.63) is 33.9 Å². The van der Waals surface area contributed by atoms with Crippen LogP contribution in [0.1, 0.15) is 17.3 Å². The lowest BCUT2D eigenvalue weighted by molar-refractivity contribution is -0.384. The maximum Gasteiger partial charge on any atom is 0.338 e. The molecule has 0 fully saturated rings. The Balaban J connectivity index is 2.97. The van der Waals surface area contributed by atoms with Crippen molar-refractivity contribution in [1.82, 2.24) is 0 Å². The number of aromatic carboxylic acids is 1. The molecule has 0 aliphatic carbocycles. The van der Waals surface area contributed by atoms with Crippen LogP contribution in [0.25, 0.3) is 0 Å². The van der Waals surface area contributed by atoms with Gasteiger partial charge in [0.2, 0.25) is 0 Å². The third-order valence-corrected chi connectivity index (χ3v) is 3.40. The quantitative estimate of drug-likeness (QED) is 0.609. The van der Waals surface area contributed by atoms with Crippen LogP contribution >= 0.6 is 11.8 Å². The number of nitrogens with one attached hydrogen (secondary N) is 1. The molecule has 0 heterocycles. The van der Waals surface area contributed by atoms with Crippen LogP contribution in [-0.2, 0) is 0 Å². The summed E-state index contributed by atoms with van der Waals surface area (Å²) in [5.74, 6) is -1.18. The molecule has 7 heteroatoms. The zero-order valence-electron chi connectivity index (χ0n) is 10.0. The van der Waals surface area contributed by atoms with Gasteiger partial charge in [0.1, 0.15) is 0 Å². The summed E-state index contributed by atoms with van der Waals surface area (Å²) in [6, 6.07) is 3.78. The molecule has 0 saturated carbocycles.